The third-order valence-corrected chi connectivity index (χ3v) is 4.34. The first-order valence-corrected chi connectivity index (χ1v) is 7.67. The number of methoxy groups -OCH3 is 1. The van der Waals surface area contributed by atoms with E-state index in [0.717, 1.165) is 4.57 Å². The summed E-state index contributed by atoms with van der Waals surface area (Å²) in [6, 6.07) is 6.02. The molecule has 2 heterocycles. The number of ether oxygens (including phenoxy) is 1. The van der Waals surface area contributed by atoms with Crippen LogP contribution < -0.4 is 5.56 Å². The highest BCUT2D eigenvalue weighted by Crippen LogP contribution is 2.32. The van der Waals surface area contributed by atoms with Gasteiger partial charge in [0, 0.05) is 23.1 Å². The van der Waals surface area contributed by atoms with Gasteiger partial charge < -0.3 is 4.74 Å². The summed E-state index contributed by atoms with van der Waals surface area (Å²) in [7, 11) is 1.23. The molecule has 0 amide bonds. The Bertz CT molecular complexity index is 1010. The second kappa shape index (κ2) is 6.20. The summed E-state index contributed by atoms with van der Waals surface area (Å²) in [6.07, 6.45) is 1.29. The van der Waals surface area contributed by atoms with Crippen LogP contribution in [0.15, 0.2) is 40.8 Å². The van der Waals surface area contributed by atoms with E-state index in [1.807, 2.05) is 0 Å². The van der Waals surface area contributed by atoms with Gasteiger partial charge in [0.15, 0.2) is 0 Å². The molecule has 0 spiro atoms. The Balaban J connectivity index is 2.17. The van der Waals surface area contributed by atoms with Crippen molar-refractivity contribution in [3.8, 4) is 11.1 Å². The van der Waals surface area contributed by atoms with E-state index in [0.29, 0.717) is 21.3 Å². The first-order chi connectivity index (χ1) is 11.5. The van der Waals surface area contributed by atoms with E-state index in [9.17, 15) is 19.7 Å². The van der Waals surface area contributed by atoms with Crippen LogP contribution in [0.3, 0.4) is 0 Å². The second-order valence-corrected chi connectivity index (χ2v) is 5.75. The van der Waals surface area contributed by atoms with Gasteiger partial charge in [-0.25, -0.2) is 4.98 Å². The van der Waals surface area contributed by atoms with Gasteiger partial charge in [-0.05, 0) is 5.56 Å². The topological polar surface area (TPSA) is 104 Å². The fourth-order valence-corrected chi connectivity index (χ4v) is 3.19. The average molecular weight is 345 g/mol. The van der Waals surface area contributed by atoms with Crippen LogP contribution in [-0.2, 0) is 16.1 Å². The minimum absolute atomic E-state index is 0.0642. The van der Waals surface area contributed by atoms with Gasteiger partial charge in [-0.3, -0.25) is 24.3 Å². The number of carbonyl (C=O) groups is 1. The number of nitrogens with zero attached hydrogens (tertiary/aromatic N) is 3. The summed E-state index contributed by atoms with van der Waals surface area (Å²) < 4.78 is 5.72. The maximum Gasteiger partial charge on any atom is 0.325 e. The Morgan fingerprint density at radius 2 is 2.25 bits per heavy atom. The third kappa shape index (κ3) is 2.76. The van der Waals surface area contributed by atoms with Crippen molar-refractivity contribution in [1.29, 1.82) is 0 Å². The molecule has 24 heavy (non-hydrogen) atoms. The van der Waals surface area contributed by atoms with Crippen LogP contribution in [-0.4, -0.2) is 27.6 Å². The molecular formula is C15H11N3O5S. The van der Waals surface area contributed by atoms with Crippen molar-refractivity contribution in [1.82, 2.24) is 9.55 Å². The molecule has 2 aromatic heterocycles. The van der Waals surface area contributed by atoms with Crippen LogP contribution in [0.4, 0.5) is 5.69 Å². The molecule has 3 rings (SSSR count). The van der Waals surface area contributed by atoms with E-state index in [2.05, 4.69) is 9.72 Å². The average Bonchev–Trinajstić information content (AvgIpc) is 3.02. The minimum atomic E-state index is -0.564. The number of non-ortho nitro benzene ring substituents is 1. The highest BCUT2D eigenvalue weighted by atomic mass is 32.1. The zero-order chi connectivity index (χ0) is 17.3. The molecule has 0 unspecified atom stereocenters. The number of hydrogen-bond acceptors (Lipinski definition) is 7. The molecule has 0 saturated carbocycles. The number of benzene rings is 1. The lowest BCUT2D eigenvalue weighted by Gasteiger charge is -2.05. The largest absolute Gasteiger partial charge is 0.468 e. The van der Waals surface area contributed by atoms with Gasteiger partial charge in [0.2, 0.25) is 0 Å². The molecule has 0 aliphatic carbocycles. The lowest BCUT2D eigenvalue weighted by Crippen LogP contribution is -2.25. The van der Waals surface area contributed by atoms with Crippen LogP contribution in [0.25, 0.3) is 21.3 Å². The van der Waals surface area contributed by atoms with Crippen molar-refractivity contribution >= 4 is 33.2 Å². The quantitative estimate of drug-likeness (QED) is 0.408. The SMILES string of the molecule is COC(=O)Cn1cnc2scc(-c3cccc([N+](=O)[O-])c3)c2c1=O. The smallest absolute Gasteiger partial charge is 0.325 e. The van der Waals surface area contributed by atoms with Crippen LogP contribution in [0.5, 0.6) is 0 Å². The zero-order valence-electron chi connectivity index (χ0n) is 12.5. The molecule has 0 N–H and O–H groups in total. The Morgan fingerprint density at radius 1 is 1.46 bits per heavy atom. The van der Waals surface area contributed by atoms with Crippen molar-refractivity contribution in [3.05, 3.63) is 56.4 Å². The van der Waals surface area contributed by atoms with Crippen molar-refractivity contribution in [2.45, 2.75) is 6.54 Å². The standard InChI is InChI=1S/C15H11N3O5S/c1-23-12(19)6-17-8-16-14-13(15(17)20)11(7-24-14)9-3-2-4-10(5-9)18(21)22/h2-5,7-8H,6H2,1H3. The van der Waals surface area contributed by atoms with Gasteiger partial charge in [-0.15, -0.1) is 11.3 Å². The van der Waals surface area contributed by atoms with Crippen molar-refractivity contribution < 1.29 is 14.5 Å². The van der Waals surface area contributed by atoms with E-state index in [4.69, 9.17) is 0 Å². The molecule has 0 fully saturated rings. The van der Waals surface area contributed by atoms with Crippen molar-refractivity contribution in [3.63, 3.8) is 0 Å². The molecule has 1 aromatic carbocycles. The lowest BCUT2D eigenvalue weighted by molar-refractivity contribution is -0.384. The molecule has 8 nitrogen and oxygen atoms in total. The number of nitro benzene ring substituents is 1. The fraction of sp³-hybridized carbons (Fsp3) is 0.133. The van der Waals surface area contributed by atoms with E-state index >= 15 is 0 Å². The van der Waals surface area contributed by atoms with Gasteiger partial charge in [0.05, 0.1) is 23.7 Å². The first-order valence-electron chi connectivity index (χ1n) is 6.79. The Labute approximate surface area is 139 Å². The molecule has 0 atom stereocenters. The van der Waals surface area contributed by atoms with Crippen LogP contribution >= 0.6 is 11.3 Å². The number of esters is 1. The number of carbonyl (C=O) groups excluding carboxylic acids is 1. The summed E-state index contributed by atoms with van der Waals surface area (Å²) in [5.41, 5.74) is 0.638. The molecule has 0 radical (unpaired) electrons. The molecule has 0 aliphatic heterocycles. The summed E-state index contributed by atoms with van der Waals surface area (Å²) >= 11 is 1.26. The van der Waals surface area contributed by atoms with E-state index in [1.165, 1.54) is 36.9 Å². The Morgan fingerprint density at radius 3 is 2.96 bits per heavy atom. The highest BCUT2D eigenvalue weighted by molar-refractivity contribution is 7.17. The minimum Gasteiger partial charge on any atom is -0.468 e. The lowest BCUT2D eigenvalue weighted by atomic mass is 10.1. The molecule has 3 aromatic rings. The predicted octanol–water partition coefficient (Wildman–Crippen LogP) is 2.21. The highest BCUT2D eigenvalue weighted by Gasteiger charge is 2.16. The number of fused-ring (bicyclic) bond motifs is 1. The molecular weight excluding hydrogens is 334 g/mol. The second-order valence-electron chi connectivity index (χ2n) is 4.89. The van der Waals surface area contributed by atoms with Gasteiger partial charge in [0.25, 0.3) is 11.2 Å². The summed E-state index contributed by atoms with van der Waals surface area (Å²) in [5, 5.41) is 13.0. The van der Waals surface area contributed by atoms with Gasteiger partial charge in [0.1, 0.15) is 11.4 Å². The Hall–Kier alpha value is -3.07. The normalized spacial score (nSPS) is 10.7. The summed E-state index contributed by atoms with van der Waals surface area (Å²) in [6.45, 7) is -0.248. The van der Waals surface area contributed by atoms with Gasteiger partial charge in [-0.2, -0.15) is 0 Å². The van der Waals surface area contributed by atoms with Crippen LogP contribution in [0, 0.1) is 10.1 Å². The first kappa shape index (κ1) is 15.8. The van der Waals surface area contributed by atoms with E-state index in [1.54, 1.807) is 17.5 Å². The molecule has 0 aliphatic rings. The van der Waals surface area contributed by atoms with E-state index in [-0.39, 0.29) is 12.2 Å². The van der Waals surface area contributed by atoms with Crippen molar-refractivity contribution in [2.75, 3.05) is 7.11 Å². The number of hydrogen-bond donors (Lipinski definition) is 0. The number of thiophene rings is 1. The van der Waals surface area contributed by atoms with E-state index < -0.39 is 16.5 Å². The van der Waals surface area contributed by atoms with Gasteiger partial charge >= 0.3 is 5.97 Å². The molecule has 122 valence electrons. The van der Waals surface area contributed by atoms with Gasteiger partial charge in [-0.1, -0.05) is 12.1 Å². The number of rotatable bonds is 4. The van der Waals surface area contributed by atoms with Crippen LogP contribution in [0.1, 0.15) is 0 Å². The van der Waals surface area contributed by atoms with Crippen LogP contribution in [0.2, 0.25) is 0 Å². The molecule has 0 bridgehead atoms. The number of aromatic nitrogens is 2. The maximum absolute atomic E-state index is 12.6. The number of nitro groups is 1. The maximum atomic E-state index is 12.6. The fourth-order valence-electron chi connectivity index (χ4n) is 2.28. The third-order valence-electron chi connectivity index (χ3n) is 3.46. The molecule has 9 heteroatoms. The Kier molecular flexibility index (Phi) is 4.09. The monoisotopic (exact) mass is 345 g/mol. The van der Waals surface area contributed by atoms with Crippen molar-refractivity contribution in [2.24, 2.45) is 0 Å². The summed E-state index contributed by atoms with van der Waals surface area (Å²) in [4.78, 5) is 39.2. The predicted molar refractivity (Wildman–Crippen MR) is 88.0 cm³/mol. The summed E-state index contributed by atoms with van der Waals surface area (Å²) in [5.74, 6) is -0.564. The molecule has 0 saturated heterocycles. The zero-order valence-corrected chi connectivity index (χ0v) is 13.3.